The molecule has 0 aromatic rings. The molecule has 0 spiro atoms. The van der Waals surface area contributed by atoms with Crippen LogP contribution in [0.3, 0.4) is 0 Å². The number of hydrogen-bond acceptors (Lipinski definition) is 9. The summed E-state index contributed by atoms with van der Waals surface area (Å²) in [4.78, 5) is 15.5. The zero-order chi connectivity index (χ0) is 29.9. The number of methoxy groups -OCH3 is 1. The van der Waals surface area contributed by atoms with Crippen LogP contribution in [-0.4, -0.2) is 104 Å². The van der Waals surface area contributed by atoms with Gasteiger partial charge in [0.25, 0.3) is 0 Å². The number of likely N-dealkylation sites (N-methyl/N-ethyl adjacent to an activating group) is 1. The Balaban J connectivity index is 2.40. The number of esters is 1. The summed E-state index contributed by atoms with van der Waals surface area (Å²) < 4.78 is 24.5. The van der Waals surface area contributed by atoms with E-state index in [4.69, 9.17) is 18.9 Å². The summed E-state index contributed by atoms with van der Waals surface area (Å²) in [6, 6.07) is -0.402. The summed E-state index contributed by atoms with van der Waals surface area (Å²) in [7, 11) is 3.58. The minimum atomic E-state index is -1.67. The van der Waals surface area contributed by atoms with Gasteiger partial charge in [0.2, 0.25) is 0 Å². The quantitative estimate of drug-likeness (QED) is 0.234. The van der Waals surface area contributed by atoms with Crippen LogP contribution in [-0.2, 0) is 23.7 Å². The highest BCUT2D eigenvalue weighted by Gasteiger charge is 2.48. The summed E-state index contributed by atoms with van der Waals surface area (Å²) in [5, 5.41) is 33.9. The number of hydrogen-bond donors (Lipinski definition) is 3. The summed E-state index contributed by atoms with van der Waals surface area (Å²) >= 11 is 2.35. The number of aliphatic hydroxyl groups is 3. The predicted molar refractivity (Wildman–Crippen MR) is 159 cm³/mol. The molecule has 2 rings (SSSR count). The van der Waals surface area contributed by atoms with Crippen LogP contribution in [0.4, 0.5) is 0 Å². The van der Waals surface area contributed by atoms with Gasteiger partial charge in [0, 0.05) is 26.1 Å². The van der Waals surface area contributed by atoms with Crippen LogP contribution < -0.4 is 0 Å². The van der Waals surface area contributed by atoms with Gasteiger partial charge in [-0.05, 0) is 80.2 Å². The highest BCUT2D eigenvalue weighted by Crippen LogP contribution is 2.39. The van der Waals surface area contributed by atoms with Crippen LogP contribution in [0.25, 0.3) is 0 Å². The van der Waals surface area contributed by atoms with Crippen molar-refractivity contribution in [2.45, 2.75) is 145 Å². The highest BCUT2D eigenvalue weighted by molar-refractivity contribution is 14.1. The van der Waals surface area contributed by atoms with Crippen LogP contribution >= 0.6 is 22.6 Å². The van der Waals surface area contributed by atoms with Gasteiger partial charge in [-0.2, -0.15) is 0 Å². The minimum Gasteiger partial charge on any atom is -0.459 e. The first-order valence-corrected chi connectivity index (χ1v) is 15.7. The molecule has 12 atom stereocenters. The number of aliphatic hydroxyl groups excluding tert-OH is 1. The molecule has 3 N–H and O–H groups in total. The highest BCUT2D eigenvalue weighted by atomic mass is 127. The van der Waals surface area contributed by atoms with Gasteiger partial charge in [0.15, 0.2) is 6.29 Å². The fourth-order valence-corrected chi connectivity index (χ4v) is 6.84. The molecule has 230 valence electrons. The van der Waals surface area contributed by atoms with Gasteiger partial charge in [-0.25, -0.2) is 0 Å². The van der Waals surface area contributed by atoms with Crippen molar-refractivity contribution in [2.24, 2.45) is 11.8 Å². The number of cyclic esters (lactones) is 1. The van der Waals surface area contributed by atoms with Crippen molar-refractivity contribution in [3.63, 3.8) is 0 Å². The number of halogens is 1. The van der Waals surface area contributed by atoms with Crippen LogP contribution in [0.5, 0.6) is 0 Å². The molecular formula is C29H54INO8. The van der Waals surface area contributed by atoms with Gasteiger partial charge in [-0.15, -0.1) is 0 Å². The maximum Gasteiger partial charge on any atom is 0.311 e. The molecule has 2 aliphatic rings. The molecule has 39 heavy (non-hydrogen) atoms. The molecule has 1 unspecified atom stereocenters. The summed E-state index contributed by atoms with van der Waals surface area (Å²) in [6.45, 7) is 15.5. The Morgan fingerprint density at radius 3 is 2.31 bits per heavy atom. The lowest BCUT2D eigenvalue weighted by molar-refractivity contribution is -0.255. The van der Waals surface area contributed by atoms with E-state index in [-0.39, 0.29) is 15.9 Å². The van der Waals surface area contributed by atoms with Gasteiger partial charge in [0.1, 0.15) is 17.8 Å². The molecule has 0 aromatic carbocycles. The SMILES string of the molecule is CC[C@H]1OC(=O)[C@H](C)[C@@H](O[C@H]2C[C@@](C)(OC)C(I)[C@H](C)O2)CC[C@](C)(O)C[C@@H](C)CN(C)[C@H](C)[C@@H](O)[C@]1(C)O. The monoisotopic (exact) mass is 671 g/mol. The second-order valence-electron chi connectivity index (χ2n) is 12.9. The molecule has 2 fully saturated rings. The second-order valence-corrected chi connectivity index (χ2v) is 14.2. The summed E-state index contributed by atoms with van der Waals surface area (Å²) in [6.07, 6.45) is -1.17. The number of nitrogens with zero attached hydrogens (tertiary/aromatic N) is 1. The Labute approximate surface area is 249 Å². The lowest BCUT2D eigenvalue weighted by atomic mass is 9.85. The zero-order valence-electron chi connectivity index (χ0n) is 25.6. The Bertz CT molecular complexity index is 797. The van der Waals surface area contributed by atoms with Gasteiger partial charge in [-0.3, -0.25) is 4.79 Å². The lowest BCUT2D eigenvalue weighted by Crippen LogP contribution is -2.59. The fourth-order valence-electron chi connectivity index (χ4n) is 6.17. The Morgan fingerprint density at radius 2 is 1.74 bits per heavy atom. The molecule has 0 radical (unpaired) electrons. The van der Waals surface area contributed by atoms with Crippen molar-refractivity contribution in [2.75, 3.05) is 20.7 Å². The van der Waals surface area contributed by atoms with E-state index in [0.29, 0.717) is 38.6 Å². The van der Waals surface area contributed by atoms with E-state index in [9.17, 15) is 20.1 Å². The zero-order valence-corrected chi connectivity index (χ0v) is 27.8. The molecule has 2 saturated heterocycles. The molecule has 10 heteroatoms. The maximum absolute atomic E-state index is 13.5. The van der Waals surface area contributed by atoms with Gasteiger partial charge in [-0.1, -0.05) is 36.4 Å². The fraction of sp³-hybridized carbons (Fsp3) is 0.966. The van der Waals surface area contributed by atoms with Crippen LogP contribution in [0.15, 0.2) is 0 Å². The summed E-state index contributed by atoms with van der Waals surface area (Å²) in [5.41, 5.74) is -3.11. The van der Waals surface area contributed by atoms with E-state index in [1.807, 2.05) is 46.6 Å². The Morgan fingerprint density at radius 1 is 1.13 bits per heavy atom. The van der Waals surface area contributed by atoms with Gasteiger partial charge in [0.05, 0.1) is 33.3 Å². The first kappa shape index (κ1) is 35.1. The number of carbonyl (C=O) groups excluding carboxylic acids is 1. The molecule has 2 aliphatic heterocycles. The van der Waals surface area contributed by atoms with E-state index in [2.05, 4.69) is 29.5 Å². The Hall–Kier alpha value is -0.0800. The minimum absolute atomic E-state index is 0.122. The second kappa shape index (κ2) is 13.9. The van der Waals surface area contributed by atoms with Gasteiger partial charge >= 0.3 is 5.97 Å². The van der Waals surface area contributed by atoms with Crippen molar-refractivity contribution < 1.29 is 39.1 Å². The van der Waals surface area contributed by atoms with E-state index in [1.54, 1.807) is 14.0 Å². The van der Waals surface area contributed by atoms with E-state index >= 15 is 0 Å². The van der Waals surface area contributed by atoms with Crippen molar-refractivity contribution >= 4 is 28.6 Å². The average Bonchev–Trinajstić information content (AvgIpc) is 2.85. The lowest BCUT2D eigenvalue weighted by Gasteiger charge is -2.45. The van der Waals surface area contributed by atoms with Crippen molar-refractivity contribution in [3.05, 3.63) is 0 Å². The molecule has 0 saturated carbocycles. The van der Waals surface area contributed by atoms with Crippen LogP contribution in [0.1, 0.15) is 87.5 Å². The van der Waals surface area contributed by atoms with Crippen molar-refractivity contribution in [1.82, 2.24) is 4.90 Å². The predicted octanol–water partition coefficient (Wildman–Crippen LogP) is 3.68. The number of ether oxygens (including phenoxy) is 4. The van der Waals surface area contributed by atoms with Crippen LogP contribution in [0.2, 0.25) is 0 Å². The standard InChI is InChI=1S/C29H54INO8/c1-11-22-29(8,35)25(32)19(4)31(9)16-17(2)14-27(6,34)13-12-21(18(3)26(33)39-22)38-23-15-28(7,36-10)24(30)20(5)37-23/h17-25,32,34-35H,11-16H2,1-10H3/t17-,18-,19-,20+,21+,22-,23+,24?,25-,27+,28-,29-/m1/s1. The topological polar surface area (TPSA) is 118 Å². The normalized spacial score (nSPS) is 48.2. The average molecular weight is 672 g/mol. The molecule has 0 aromatic heterocycles. The molecular weight excluding hydrogens is 617 g/mol. The Kier molecular flexibility index (Phi) is 12.5. The molecule has 0 bridgehead atoms. The van der Waals surface area contributed by atoms with E-state index in [1.165, 1.54) is 6.92 Å². The third kappa shape index (κ3) is 8.72. The first-order chi connectivity index (χ1) is 17.9. The molecule has 0 aliphatic carbocycles. The van der Waals surface area contributed by atoms with Crippen molar-refractivity contribution in [1.29, 1.82) is 0 Å². The van der Waals surface area contributed by atoms with E-state index < -0.39 is 59.3 Å². The first-order valence-electron chi connectivity index (χ1n) is 14.4. The smallest absolute Gasteiger partial charge is 0.311 e. The number of carbonyl (C=O) groups is 1. The number of alkyl halides is 1. The molecule has 0 amide bonds. The third-order valence-corrected chi connectivity index (χ3v) is 11.4. The number of rotatable bonds is 4. The van der Waals surface area contributed by atoms with E-state index in [0.717, 1.165) is 0 Å². The molecule has 2 heterocycles. The maximum atomic E-state index is 13.5. The van der Waals surface area contributed by atoms with Crippen LogP contribution in [0, 0.1) is 11.8 Å². The third-order valence-electron chi connectivity index (χ3n) is 9.04. The largest absolute Gasteiger partial charge is 0.459 e. The summed E-state index contributed by atoms with van der Waals surface area (Å²) in [5.74, 6) is -1.10. The molecule has 9 nitrogen and oxygen atoms in total. The van der Waals surface area contributed by atoms with Crippen molar-refractivity contribution in [3.8, 4) is 0 Å². The van der Waals surface area contributed by atoms with Gasteiger partial charge < -0.3 is 39.2 Å².